The minimum absolute atomic E-state index is 0.184. The zero-order chi connectivity index (χ0) is 14.4. The quantitative estimate of drug-likeness (QED) is 0.828. The highest BCUT2D eigenvalue weighted by atomic mass is 32.1. The molecule has 106 valence electrons. The normalized spacial score (nSPS) is 10.7. The molecule has 0 unspecified atom stereocenters. The predicted molar refractivity (Wildman–Crippen MR) is 75.5 cm³/mol. The molecule has 1 heterocycles. The number of hydrogen-bond donors (Lipinski definition) is 1. The summed E-state index contributed by atoms with van der Waals surface area (Å²) in [4.78, 5) is 27.2. The van der Waals surface area contributed by atoms with Crippen LogP contribution in [0.3, 0.4) is 0 Å². The van der Waals surface area contributed by atoms with Gasteiger partial charge in [0, 0.05) is 13.1 Å². The third-order valence-electron chi connectivity index (χ3n) is 2.53. The Labute approximate surface area is 117 Å². The van der Waals surface area contributed by atoms with Crippen LogP contribution in [0.25, 0.3) is 0 Å². The molecule has 1 amide bonds. The summed E-state index contributed by atoms with van der Waals surface area (Å²) in [5, 5.41) is 10.7. The zero-order valence-corrected chi connectivity index (χ0v) is 12.4. The van der Waals surface area contributed by atoms with E-state index in [1.807, 2.05) is 37.4 Å². The van der Waals surface area contributed by atoms with Crippen molar-refractivity contribution >= 4 is 23.2 Å². The number of nitrogens with zero attached hydrogens (tertiary/aromatic N) is 2. The van der Waals surface area contributed by atoms with Gasteiger partial charge in [-0.25, -0.2) is 0 Å². The van der Waals surface area contributed by atoms with Crippen LogP contribution in [0.2, 0.25) is 0 Å². The first-order chi connectivity index (χ1) is 8.95. The van der Waals surface area contributed by atoms with Gasteiger partial charge in [-0.05, 0) is 37.5 Å². The first-order valence-corrected chi connectivity index (χ1v) is 7.05. The molecule has 0 aliphatic heterocycles. The molecule has 1 rings (SSSR count). The first-order valence-electron chi connectivity index (χ1n) is 6.17. The monoisotopic (exact) mass is 284 g/mol. The molecule has 0 aliphatic rings. The van der Waals surface area contributed by atoms with Gasteiger partial charge in [0.25, 0.3) is 5.91 Å². The van der Waals surface area contributed by atoms with Crippen LogP contribution >= 0.6 is 11.3 Å². The van der Waals surface area contributed by atoms with Crippen molar-refractivity contribution < 1.29 is 14.7 Å². The Morgan fingerprint density at radius 2 is 2.05 bits per heavy atom. The molecular formula is C13H20N2O3S. The summed E-state index contributed by atoms with van der Waals surface area (Å²) >= 11 is 1.37. The molecule has 1 aromatic heterocycles. The number of aliphatic carboxylic acids is 1. The highest BCUT2D eigenvalue weighted by molar-refractivity contribution is 7.12. The number of carbonyl (C=O) groups excluding carboxylic acids is 1. The molecule has 1 aromatic rings. The second kappa shape index (κ2) is 7.25. The molecule has 1 N–H and O–H groups in total. The first kappa shape index (κ1) is 15.7. The maximum atomic E-state index is 12.4. The summed E-state index contributed by atoms with van der Waals surface area (Å²) in [5.74, 6) is -1.16. The van der Waals surface area contributed by atoms with Crippen LogP contribution in [0.4, 0.5) is 0 Å². The Morgan fingerprint density at radius 3 is 2.58 bits per heavy atom. The van der Waals surface area contributed by atoms with Crippen molar-refractivity contribution in [2.75, 3.05) is 27.2 Å². The highest BCUT2D eigenvalue weighted by Crippen LogP contribution is 2.20. The third kappa shape index (κ3) is 4.65. The van der Waals surface area contributed by atoms with Gasteiger partial charge in [-0.3, -0.25) is 9.59 Å². The highest BCUT2D eigenvalue weighted by Gasteiger charge is 2.21. The number of amides is 1. The summed E-state index contributed by atoms with van der Waals surface area (Å²) in [5.41, 5.74) is 0.950. The van der Waals surface area contributed by atoms with E-state index in [4.69, 9.17) is 5.11 Å². The lowest BCUT2D eigenvalue weighted by Gasteiger charge is -2.20. The Balaban J connectivity index is 2.89. The molecular weight excluding hydrogens is 264 g/mol. The number of carbonyl (C=O) groups is 2. The molecule has 6 heteroatoms. The molecule has 0 saturated carbocycles. The molecule has 5 nitrogen and oxygen atoms in total. The lowest BCUT2D eigenvalue weighted by Crippen LogP contribution is -2.36. The van der Waals surface area contributed by atoms with E-state index in [2.05, 4.69) is 0 Å². The minimum Gasteiger partial charge on any atom is -0.480 e. The summed E-state index contributed by atoms with van der Waals surface area (Å²) in [6.07, 6.45) is 0.743. The van der Waals surface area contributed by atoms with E-state index < -0.39 is 5.97 Å². The van der Waals surface area contributed by atoms with Gasteiger partial charge in [-0.2, -0.15) is 0 Å². The van der Waals surface area contributed by atoms with E-state index in [1.54, 1.807) is 0 Å². The average Bonchev–Trinajstić information content (AvgIpc) is 2.74. The van der Waals surface area contributed by atoms with Crippen LogP contribution in [0, 0.1) is 0 Å². The van der Waals surface area contributed by atoms with Crippen LogP contribution in [0.1, 0.15) is 28.6 Å². The Hall–Kier alpha value is -1.40. The molecule has 19 heavy (non-hydrogen) atoms. The number of hydrogen-bond acceptors (Lipinski definition) is 4. The van der Waals surface area contributed by atoms with Crippen LogP contribution in [-0.2, 0) is 11.3 Å². The number of carboxylic acid groups (broad SMARTS) is 1. The molecule has 0 bridgehead atoms. The van der Waals surface area contributed by atoms with Gasteiger partial charge < -0.3 is 14.9 Å². The van der Waals surface area contributed by atoms with Crippen molar-refractivity contribution in [1.29, 1.82) is 0 Å². The van der Waals surface area contributed by atoms with E-state index in [0.29, 0.717) is 18.0 Å². The average molecular weight is 284 g/mol. The second-order valence-electron chi connectivity index (χ2n) is 4.63. The fourth-order valence-corrected chi connectivity index (χ4v) is 2.70. The van der Waals surface area contributed by atoms with Gasteiger partial charge in [0.05, 0.1) is 4.88 Å². The Kier molecular flexibility index (Phi) is 5.98. The van der Waals surface area contributed by atoms with Gasteiger partial charge in [0.1, 0.15) is 6.54 Å². The van der Waals surface area contributed by atoms with Crippen LogP contribution < -0.4 is 0 Å². The molecule has 0 radical (unpaired) electrons. The second-order valence-corrected chi connectivity index (χ2v) is 5.55. The van der Waals surface area contributed by atoms with Crippen molar-refractivity contribution in [2.24, 2.45) is 0 Å². The van der Waals surface area contributed by atoms with Crippen molar-refractivity contribution in [1.82, 2.24) is 9.80 Å². The topological polar surface area (TPSA) is 60.9 Å². The van der Waals surface area contributed by atoms with Crippen LogP contribution in [-0.4, -0.2) is 54.0 Å². The lowest BCUT2D eigenvalue weighted by atomic mass is 10.2. The fraction of sp³-hybridized carbons (Fsp3) is 0.538. The van der Waals surface area contributed by atoms with E-state index in [0.717, 1.165) is 12.0 Å². The number of rotatable bonds is 7. The van der Waals surface area contributed by atoms with E-state index in [9.17, 15) is 9.59 Å². The molecule has 0 saturated heterocycles. The smallest absolute Gasteiger partial charge is 0.323 e. The zero-order valence-electron chi connectivity index (χ0n) is 11.5. The van der Waals surface area contributed by atoms with E-state index in [-0.39, 0.29) is 12.5 Å². The van der Waals surface area contributed by atoms with Gasteiger partial charge in [0.15, 0.2) is 0 Å². The van der Waals surface area contributed by atoms with Gasteiger partial charge in [-0.1, -0.05) is 6.92 Å². The Bertz CT molecular complexity index is 443. The van der Waals surface area contributed by atoms with Crippen molar-refractivity contribution in [3.63, 3.8) is 0 Å². The predicted octanol–water partition coefficient (Wildman–Crippen LogP) is 1.75. The Morgan fingerprint density at radius 1 is 1.37 bits per heavy atom. The van der Waals surface area contributed by atoms with Crippen molar-refractivity contribution in [2.45, 2.75) is 19.9 Å². The van der Waals surface area contributed by atoms with Gasteiger partial charge >= 0.3 is 5.97 Å². The lowest BCUT2D eigenvalue weighted by molar-refractivity contribution is -0.137. The third-order valence-corrected chi connectivity index (χ3v) is 3.48. The SMILES string of the molecule is CCCN(CC(=O)O)C(=O)c1sccc1CN(C)C. The molecule has 0 spiro atoms. The number of carboxylic acids is 1. The summed E-state index contributed by atoms with van der Waals surface area (Å²) in [6, 6.07) is 1.92. The van der Waals surface area contributed by atoms with Crippen LogP contribution in [0.5, 0.6) is 0 Å². The summed E-state index contributed by atoms with van der Waals surface area (Å²) < 4.78 is 0. The molecule has 0 aromatic carbocycles. The van der Waals surface area contributed by atoms with Crippen molar-refractivity contribution in [3.05, 3.63) is 21.9 Å². The maximum Gasteiger partial charge on any atom is 0.323 e. The van der Waals surface area contributed by atoms with Crippen molar-refractivity contribution in [3.8, 4) is 0 Å². The fourth-order valence-electron chi connectivity index (χ4n) is 1.82. The van der Waals surface area contributed by atoms with E-state index >= 15 is 0 Å². The van der Waals surface area contributed by atoms with Gasteiger partial charge in [0.2, 0.25) is 0 Å². The summed E-state index contributed by atoms with van der Waals surface area (Å²) in [6.45, 7) is 2.82. The summed E-state index contributed by atoms with van der Waals surface area (Å²) in [7, 11) is 3.87. The molecule has 0 aliphatic carbocycles. The maximum absolute atomic E-state index is 12.4. The molecule has 0 atom stereocenters. The standard InChI is InChI=1S/C13H20N2O3S/c1-4-6-15(9-11(16)17)13(18)12-10(5-7-19-12)8-14(2)3/h5,7H,4,6,8-9H2,1-3H3,(H,16,17). The van der Waals surface area contributed by atoms with Gasteiger partial charge in [-0.15, -0.1) is 11.3 Å². The molecule has 0 fully saturated rings. The van der Waals surface area contributed by atoms with E-state index in [1.165, 1.54) is 16.2 Å². The number of thiophene rings is 1. The largest absolute Gasteiger partial charge is 0.480 e. The minimum atomic E-state index is -0.979. The van der Waals surface area contributed by atoms with Crippen LogP contribution in [0.15, 0.2) is 11.4 Å².